The minimum absolute atomic E-state index is 0.276. The van der Waals surface area contributed by atoms with Gasteiger partial charge in [0.1, 0.15) is 5.84 Å². The highest BCUT2D eigenvalue weighted by molar-refractivity contribution is 8.01. The zero-order valence-corrected chi connectivity index (χ0v) is 12.0. The second-order valence-corrected chi connectivity index (χ2v) is 6.04. The van der Waals surface area contributed by atoms with E-state index in [0.717, 1.165) is 30.8 Å². The molecule has 0 aromatic carbocycles. The fourth-order valence-corrected chi connectivity index (χ4v) is 3.28. The molecule has 0 aliphatic carbocycles. The van der Waals surface area contributed by atoms with Gasteiger partial charge in [-0.25, -0.2) is 4.99 Å². The Kier molecular flexibility index (Phi) is 3.99. The molecule has 1 unspecified atom stereocenters. The van der Waals surface area contributed by atoms with Crippen LogP contribution in [0.1, 0.15) is 12.8 Å². The molecular weight excluding hydrogens is 276 g/mol. The number of nitrogens with zero attached hydrogens (tertiary/aromatic N) is 2. The molecule has 1 fully saturated rings. The largest absolute Gasteiger partial charge is 0.384 e. The van der Waals surface area contributed by atoms with Crippen LogP contribution in [0.3, 0.4) is 0 Å². The van der Waals surface area contributed by atoms with Crippen molar-refractivity contribution in [3.05, 3.63) is 23.3 Å². The predicted octanol–water partition coefficient (Wildman–Crippen LogP) is -0.396. The number of hydroxylamine groups is 1. The molecule has 0 radical (unpaired) electrons. The molecule has 1 atom stereocenters. The summed E-state index contributed by atoms with van der Waals surface area (Å²) in [5, 5.41) is 6.36. The quantitative estimate of drug-likeness (QED) is 0.526. The van der Waals surface area contributed by atoms with Crippen molar-refractivity contribution in [3.63, 3.8) is 0 Å². The molecule has 0 saturated carbocycles. The summed E-state index contributed by atoms with van der Waals surface area (Å²) >= 11 is 1.48. The van der Waals surface area contributed by atoms with E-state index in [9.17, 15) is 0 Å². The van der Waals surface area contributed by atoms with Crippen LogP contribution in [0, 0.1) is 0 Å². The van der Waals surface area contributed by atoms with Crippen molar-refractivity contribution in [1.29, 1.82) is 0 Å². The Morgan fingerprint density at radius 2 is 2.25 bits per heavy atom. The maximum absolute atomic E-state index is 6.24. The van der Waals surface area contributed by atoms with Gasteiger partial charge in [0.05, 0.1) is 17.6 Å². The summed E-state index contributed by atoms with van der Waals surface area (Å²) < 4.78 is 1.87. The van der Waals surface area contributed by atoms with Gasteiger partial charge >= 0.3 is 0 Å². The molecule has 3 heterocycles. The van der Waals surface area contributed by atoms with E-state index in [1.807, 2.05) is 10.5 Å². The van der Waals surface area contributed by atoms with E-state index in [-0.39, 0.29) is 6.10 Å². The van der Waals surface area contributed by atoms with E-state index in [1.54, 1.807) is 12.3 Å². The summed E-state index contributed by atoms with van der Waals surface area (Å²) in [6.07, 6.45) is 7.78. The number of nitrogens with two attached hydrogens (primary N) is 2. The molecule has 6 N–H and O–H groups in total. The highest BCUT2D eigenvalue weighted by Crippen LogP contribution is 2.35. The number of amidine groups is 1. The number of rotatable bonds is 3. The van der Waals surface area contributed by atoms with Gasteiger partial charge < -0.3 is 16.4 Å². The lowest BCUT2D eigenvalue weighted by molar-refractivity contribution is -0.125. The van der Waals surface area contributed by atoms with Gasteiger partial charge in [0.2, 0.25) is 5.79 Å². The zero-order chi connectivity index (χ0) is 14.0. The van der Waals surface area contributed by atoms with E-state index in [1.165, 1.54) is 11.9 Å². The fourth-order valence-electron chi connectivity index (χ4n) is 2.35. The van der Waals surface area contributed by atoms with Gasteiger partial charge in [0, 0.05) is 6.20 Å². The van der Waals surface area contributed by atoms with Crippen LogP contribution in [0.2, 0.25) is 0 Å². The molecule has 0 aromatic rings. The van der Waals surface area contributed by atoms with E-state index in [2.05, 4.69) is 15.6 Å². The smallest absolute Gasteiger partial charge is 0.218 e. The molecule has 0 aromatic heterocycles. The topological polar surface area (TPSA) is 101 Å². The Labute approximate surface area is 122 Å². The monoisotopic (exact) mass is 296 g/mol. The lowest BCUT2D eigenvalue weighted by atomic mass is 10.1. The van der Waals surface area contributed by atoms with Gasteiger partial charge in [-0.3, -0.25) is 10.6 Å². The Hall–Kier alpha value is -1.06. The van der Waals surface area contributed by atoms with Gasteiger partial charge in [-0.15, -0.1) is 4.47 Å². The van der Waals surface area contributed by atoms with Gasteiger partial charge in [-0.2, -0.15) is 0 Å². The average molecular weight is 296 g/mol. The third-order valence-electron chi connectivity index (χ3n) is 3.42. The van der Waals surface area contributed by atoms with Crippen LogP contribution >= 0.6 is 11.9 Å². The van der Waals surface area contributed by atoms with Gasteiger partial charge in [-0.05, 0) is 44.0 Å². The first kappa shape index (κ1) is 13.9. The van der Waals surface area contributed by atoms with Crippen LogP contribution < -0.4 is 22.1 Å². The number of aliphatic imine (C=N–C) groups is 1. The Morgan fingerprint density at radius 1 is 1.45 bits per heavy atom. The molecule has 0 bridgehead atoms. The van der Waals surface area contributed by atoms with E-state index >= 15 is 0 Å². The second-order valence-electron chi connectivity index (χ2n) is 5.01. The van der Waals surface area contributed by atoms with Crippen molar-refractivity contribution < 1.29 is 4.84 Å². The van der Waals surface area contributed by atoms with Gasteiger partial charge in [-0.1, -0.05) is 6.08 Å². The normalized spacial score (nSPS) is 31.9. The molecule has 0 spiro atoms. The van der Waals surface area contributed by atoms with Crippen LogP contribution in [0.5, 0.6) is 0 Å². The second kappa shape index (κ2) is 5.74. The Bertz CT molecular complexity index is 459. The summed E-state index contributed by atoms with van der Waals surface area (Å²) in [6, 6.07) is 0. The maximum atomic E-state index is 6.24. The van der Waals surface area contributed by atoms with E-state index in [0.29, 0.717) is 12.4 Å². The molecule has 3 aliphatic heterocycles. The molecule has 110 valence electrons. The zero-order valence-electron chi connectivity index (χ0n) is 11.2. The van der Waals surface area contributed by atoms with Crippen LogP contribution in [-0.2, 0) is 4.84 Å². The Morgan fingerprint density at radius 3 is 3.00 bits per heavy atom. The molecular formula is C12H20N6OS. The van der Waals surface area contributed by atoms with Crippen molar-refractivity contribution >= 4 is 17.8 Å². The molecule has 3 aliphatic rings. The highest BCUT2D eigenvalue weighted by atomic mass is 32.2. The van der Waals surface area contributed by atoms with Crippen molar-refractivity contribution in [2.24, 2.45) is 16.5 Å². The third-order valence-corrected chi connectivity index (χ3v) is 4.53. The Balaban J connectivity index is 1.57. The highest BCUT2D eigenvalue weighted by Gasteiger charge is 2.35. The van der Waals surface area contributed by atoms with Crippen LogP contribution in [-0.4, -0.2) is 41.8 Å². The molecule has 8 heteroatoms. The fraction of sp³-hybridized carbons (Fsp3) is 0.583. The maximum Gasteiger partial charge on any atom is 0.218 e. The molecule has 20 heavy (non-hydrogen) atoms. The SMILES string of the molecule is NC1=NC(N)(C2=CCN(OC3CCNCC3)S2)NC=C1. The van der Waals surface area contributed by atoms with Crippen molar-refractivity contribution in [1.82, 2.24) is 15.1 Å². The minimum atomic E-state index is -0.976. The van der Waals surface area contributed by atoms with Crippen LogP contribution in [0.15, 0.2) is 28.2 Å². The standard InChI is InChI=1S/C12H20N6OS/c13-11-3-7-16-12(14,17-11)10-4-8-18(20-10)19-9-1-5-15-6-2-9/h3-4,7,9,15-16H,1-2,5-6,8,14H2,(H2,13,17). The van der Waals surface area contributed by atoms with E-state index in [4.69, 9.17) is 16.3 Å². The number of hydrogen-bond acceptors (Lipinski definition) is 8. The number of hydrogen-bond donors (Lipinski definition) is 4. The van der Waals surface area contributed by atoms with Crippen molar-refractivity contribution in [2.45, 2.75) is 24.7 Å². The average Bonchev–Trinajstić information content (AvgIpc) is 2.89. The summed E-state index contributed by atoms with van der Waals surface area (Å²) in [5.74, 6) is -0.555. The van der Waals surface area contributed by atoms with Crippen LogP contribution in [0.25, 0.3) is 0 Å². The lowest BCUT2D eigenvalue weighted by Crippen LogP contribution is -2.53. The van der Waals surface area contributed by atoms with E-state index < -0.39 is 5.79 Å². The molecule has 7 nitrogen and oxygen atoms in total. The minimum Gasteiger partial charge on any atom is -0.384 e. The molecule has 1 saturated heterocycles. The molecule has 0 amide bonds. The first-order valence-corrected chi connectivity index (χ1v) is 7.55. The first-order valence-electron chi connectivity index (χ1n) is 6.78. The number of nitrogens with one attached hydrogen (secondary N) is 2. The third kappa shape index (κ3) is 2.99. The summed E-state index contributed by atoms with van der Waals surface area (Å²) in [5.41, 5.74) is 12.0. The number of piperidine rings is 1. The summed E-state index contributed by atoms with van der Waals surface area (Å²) in [7, 11) is 0. The van der Waals surface area contributed by atoms with Gasteiger partial charge in [0.15, 0.2) is 0 Å². The summed E-state index contributed by atoms with van der Waals surface area (Å²) in [6.45, 7) is 2.72. The first-order chi connectivity index (χ1) is 9.66. The van der Waals surface area contributed by atoms with Crippen molar-refractivity contribution in [2.75, 3.05) is 19.6 Å². The molecule has 3 rings (SSSR count). The van der Waals surface area contributed by atoms with Crippen LogP contribution in [0.4, 0.5) is 0 Å². The predicted molar refractivity (Wildman–Crippen MR) is 80.2 cm³/mol. The van der Waals surface area contributed by atoms with Crippen molar-refractivity contribution in [3.8, 4) is 0 Å². The summed E-state index contributed by atoms with van der Waals surface area (Å²) in [4.78, 5) is 11.1. The van der Waals surface area contributed by atoms with Gasteiger partial charge in [0.25, 0.3) is 0 Å². The lowest BCUT2D eigenvalue weighted by Gasteiger charge is -2.30.